The number of carbonyl (C=O) groups excluding carboxylic acids is 2. The Morgan fingerprint density at radius 2 is 1.51 bits per heavy atom. The van der Waals surface area contributed by atoms with Gasteiger partial charge in [0.15, 0.2) is 0 Å². The predicted octanol–water partition coefficient (Wildman–Crippen LogP) is 7.43. The summed E-state index contributed by atoms with van der Waals surface area (Å²) in [6.07, 6.45) is 1.18. The highest BCUT2D eigenvalue weighted by Crippen LogP contribution is 2.29. The van der Waals surface area contributed by atoms with E-state index in [2.05, 4.69) is 5.32 Å². The van der Waals surface area contributed by atoms with Gasteiger partial charge in [0.05, 0.1) is 5.75 Å². The van der Waals surface area contributed by atoms with E-state index in [9.17, 15) is 9.59 Å². The van der Waals surface area contributed by atoms with Gasteiger partial charge in [-0.15, -0.1) is 11.8 Å². The Hall–Kier alpha value is -2.18. The zero-order valence-electron chi connectivity index (χ0n) is 20.9. The maximum absolute atomic E-state index is 13.7. The molecule has 2 amide bonds. The summed E-state index contributed by atoms with van der Waals surface area (Å²) in [4.78, 5) is 28.9. The highest BCUT2D eigenvalue weighted by Gasteiger charge is 2.31. The van der Waals surface area contributed by atoms with Gasteiger partial charge < -0.3 is 10.2 Å². The van der Waals surface area contributed by atoms with Crippen molar-refractivity contribution in [3.8, 4) is 0 Å². The van der Waals surface area contributed by atoms with Crippen LogP contribution >= 0.6 is 46.6 Å². The minimum Gasteiger partial charge on any atom is -0.352 e. The predicted molar refractivity (Wildman–Crippen MR) is 156 cm³/mol. The van der Waals surface area contributed by atoms with Crippen LogP contribution in [-0.2, 0) is 28.3 Å². The Morgan fingerprint density at radius 3 is 2.16 bits per heavy atom. The number of hydrogen-bond donors (Lipinski definition) is 1. The van der Waals surface area contributed by atoms with Gasteiger partial charge in [0.2, 0.25) is 11.8 Å². The number of carbonyl (C=O) groups is 2. The Balaban J connectivity index is 1.89. The maximum atomic E-state index is 13.7. The van der Waals surface area contributed by atoms with E-state index in [1.54, 1.807) is 29.2 Å². The van der Waals surface area contributed by atoms with Crippen molar-refractivity contribution in [1.82, 2.24) is 10.2 Å². The summed E-state index contributed by atoms with van der Waals surface area (Å²) >= 11 is 20.5. The van der Waals surface area contributed by atoms with Crippen molar-refractivity contribution >= 4 is 58.4 Å². The van der Waals surface area contributed by atoms with Gasteiger partial charge in [-0.25, -0.2) is 0 Å². The molecular weight excluding hydrogens is 547 g/mol. The topological polar surface area (TPSA) is 49.4 Å². The summed E-state index contributed by atoms with van der Waals surface area (Å²) in [5, 5.41) is 4.76. The van der Waals surface area contributed by atoms with Crippen LogP contribution in [0.4, 0.5) is 0 Å². The molecule has 1 N–H and O–H groups in total. The number of benzene rings is 3. The zero-order valence-corrected chi connectivity index (χ0v) is 24.0. The van der Waals surface area contributed by atoms with Gasteiger partial charge in [-0.05, 0) is 48.2 Å². The third-order valence-electron chi connectivity index (χ3n) is 6.10. The second-order valence-electron chi connectivity index (χ2n) is 8.83. The Morgan fingerprint density at radius 1 is 0.892 bits per heavy atom. The second-order valence-corrected chi connectivity index (χ2v) is 11.0. The molecule has 8 heteroatoms. The van der Waals surface area contributed by atoms with Crippen LogP contribution in [0.2, 0.25) is 15.1 Å². The number of nitrogens with zero attached hydrogens (tertiary/aromatic N) is 1. The molecule has 0 aliphatic carbocycles. The molecule has 0 saturated heterocycles. The Labute approximate surface area is 238 Å². The zero-order chi connectivity index (χ0) is 26.8. The molecule has 196 valence electrons. The summed E-state index contributed by atoms with van der Waals surface area (Å²) in [7, 11) is 0. The average Bonchev–Trinajstić information content (AvgIpc) is 2.89. The van der Waals surface area contributed by atoms with Crippen LogP contribution < -0.4 is 5.32 Å². The van der Waals surface area contributed by atoms with Gasteiger partial charge >= 0.3 is 0 Å². The molecule has 0 unspecified atom stereocenters. The first-order valence-electron chi connectivity index (χ1n) is 12.2. The van der Waals surface area contributed by atoms with Gasteiger partial charge in [-0.3, -0.25) is 9.59 Å². The van der Waals surface area contributed by atoms with Crippen molar-refractivity contribution in [2.45, 2.75) is 51.1 Å². The van der Waals surface area contributed by atoms with E-state index in [1.165, 1.54) is 11.8 Å². The number of amides is 2. The number of hydrogen-bond acceptors (Lipinski definition) is 3. The SMILES string of the molecule is CC[C@H](C)NC(=O)[C@H](Cc1ccccc1)N(Cc1ccccc1Cl)C(=O)CSCc1c(Cl)cccc1Cl. The fourth-order valence-electron chi connectivity index (χ4n) is 3.80. The third kappa shape index (κ3) is 8.68. The quantitative estimate of drug-likeness (QED) is 0.243. The standard InChI is InChI=1S/C29H31Cl3N2O2S/c1-3-20(2)33-29(36)27(16-21-10-5-4-6-11-21)34(17-22-12-7-8-13-24(22)30)28(35)19-37-18-23-25(31)14-9-15-26(23)32/h4-15,20,27H,3,16-19H2,1-2H3,(H,33,36)/t20-,27-/m0/s1. The van der Waals surface area contributed by atoms with Gasteiger partial charge in [0.1, 0.15) is 6.04 Å². The molecule has 0 aliphatic rings. The summed E-state index contributed by atoms with van der Waals surface area (Å²) in [6.45, 7) is 4.19. The van der Waals surface area contributed by atoms with E-state index in [0.717, 1.165) is 23.1 Å². The highest BCUT2D eigenvalue weighted by atomic mass is 35.5. The molecule has 0 spiro atoms. The Bertz CT molecular complexity index is 1170. The van der Waals surface area contributed by atoms with E-state index in [0.29, 0.717) is 27.2 Å². The van der Waals surface area contributed by atoms with E-state index < -0.39 is 6.04 Å². The van der Waals surface area contributed by atoms with E-state index in [4.69, 9.17) is 34.8 Å². The van der Waals surface area contributed by atoms with Crippen molar-refractivity contribution in [2.24, 2.45) is 0 Å². The summed E-state index contributed by atoms with van der Waals surface area (Å²) in [5.74, 6) is 0.298. The molecule has 2 atom stereocenters. The van der Waals surface area contributed by atoms with Gasteiger partial charge in [0.25, 0.3) is 0 Å². The molecule has 0 fully saturated rings. The van der Waals surface area contributed by atoms with Crippen LogP contribution in [0.25, 0.3) is 0 Å². The Kier molecular flexibility index (Phi) is 11.7. The maximum Gasteiger partial charge on any atom is 0.243 e. The molecule has 0 saturated carbocycles. The molecule has 0 heterocycles. The van der Waals surface area contributed by atoms with Crippen molar-refractivity contribution in [3.05, 3.63) is 105 Å². The summed E-state index contributed by atoms with van der Waals surface area (Å²) < 4.78 is 0. The van der Waals surface area contributed by atoms with Crippen LogP contribution in [-0.4, -0.2) is 34.6 Å². The van der Waals surface area contributed by atoms with E-state index >= 15 is 0 Å². The van der Waals surface area contributed by atoms with Crippen LogP contribution in [0.3, 0.4) is 0 Å². The normalized spacial score (nSPS) is 12.6. The van der Waals surface area contributed by atoms with Crippen LogP contribution in [0.1, 0.15) is 37.0 Å². The molecule has 0 aromatic heterocycles. The minimum absolute atomic E-state index is 0.0141. The van der Waals surface area contributed by atoms with Crippen LogP contribution in [0.15, 0.2) is 72.8 Å². The first-order valence-corrected chi connectivity index (χ1v) is 14.5. The lowest BCUT2D eigenvalue weighted by atomic mass is 10.0. The monoisotopic (exact) mass is 576 g/mol. The van der Waals surface area contributed by atoms with E-state index in [-0.39, 0.29) is 30.2 Å². The second kappa shape index (κ2) is 14.7. The third-order valence-corrected chi connectivity index (χ3v) is 8.13. The summed E-state index contributed by atoms with van der Waals surface area (Å²) in [5.41, 5.74) is 2.54. The number of halogens is 3. The van der Waals surface area contributed by atoms with Gasteiger partial charge in [0, 0.05) is 39.8 Å². The highest BCUT2D eigenvalue weighted by molar-refractivity contribution is 7.99. The van der Waals surface area contributed by atoms with Crippen molar-refractivity contribution in [2.75, 3.05) is 5.75 Å². The first kappa shape index (κ1) is 29.4. The van der Waals surface area contributed by atoms with Crippen molar-refractivity contribution in [1.29, 1.82) is 0 Å². The number of rotatable bonds is 12. The van der Waals surface area contributed by atoms with Gasteiger partial charge in [-0.1, -0.05) is 96.3 Å². The molecule has 4 nitrogen and oxygen atoms in total. The number of thioether (sulfide) groups is 1. The molecular formula is C29H31Cl3N2O2S. The smallest absolute Gasteiger partial charge is 0.243 e. The summed E-state index contributed by atoms with van der Waals surface area (Å²) in [6, 6.07) is 21.8. The van der Waals surface area contributed by atoms with Crippen molar-refractivity contribution in [3.63, 3.8) is 0 Å². The fourth-order valence-corrected chi connectivity index (χ4v) is 5.64. The lowest BCUT2D eigenvalue weighted by Crippen LogP contribution is -2.52. The molecule has 0 bridgehead atoms. The van der Waals surface area contributed by atoms with Crippen LogP contribution in [0, 0.1) is 0 Å². The lowest BCUT2D eigenvalue weighted by molar-refractivity contribution is -0.139. The molecule has 3 rings (SSSR count). The molecule has 37 heavy (non-hydrogen) atoms. The van der Waals surface area contributed by atoms with Crippen molar-refractivity contribution < 1.29 is 9.59 Å². The molecule has 3 aromatic carbocycles. The molecule has 0 aliphatic heterocycles. The molecule has 0 radical (unpaired) electrons. The largest absolute Gasteiger partial charge is 0.352 e. The number of nitrogens with one attached hydrogen (secondary N) is 1. The minimum atomic E-state index is -0.704. The van der Waals surface area contributed by atoms with Gasteiger partial charge in [-0.2, -0.15) is 0 Å². The first-order chi connectivity index (χ1) is 17.8. The van der Waals surface area contributed by atoms with Crippen LogP contribution in [0.5, 0.6) is 0 Å². The lowest BCUT2D eigenvalue weighted by Gasteiger charge is -2.32. The molecule has 3 aromatic rings. The average molecular weight is 578 g/mol. The fraction of sp³-hybridized carbons (Fsp3) is 0.310. The van der Waals surface area contributed by atoms with E-state index in [1.807, 2.05) is 62.4 Å².